The van der Waals surface area contributed by atoms with Crippen LogP contribution < -0.4 is 14.8 Å². The second kappa shape index (κ2) is 10.1. The van der Waals surface area contributed by atoms with E-state index in [0.717, 1.165) is 35.5 Å². The first kappa shape index (κ1) is 20.9. The highest BCUT2D eigenvalue weighted by atomic mass is 19.1. The summed E-state index contributed by atoms with van der Waals surface area (Å²) in [5, 5.41) is 2.87. The van der Waals surface area contributed by atoms with Crippen LogP contribution in [0.5, 0.6) is 11.5 Å². The van der Waals surface area contributed by atoms with Gasteiger partial charge >= 0.3 is 0 Å². The Morgan fingerprint density at radius 3 is 2.26 bits per heavy atom. The van der Waals surface area contributed by atoms with E-state index in [-0.39, 0.29) is 18.3 Å². The molecule has 0 saturated carbocycles. The van der Waals surface area contributed by atoms with E-state index in [4.69, 9.17) is 9.47 Å². The maximum absolute atomic E-state index is 12.9. The zero-order valence-electron chi connectivity index (χ0n) is 17.4. The van der Waals surface area contributed by atoms with Crippen LogP contribution in [-0.2, 0) is 30.8 Å². The molecule has 0 atom stereocenters. The second-order valence-corrected chi connectivity index (χ2v) is 7.76. The Kier molecular flexibility index (Phi) is 6.82. The number of aryl methyl sites for hydroxylation is 2. The summed E-state index contributed by atoms with van der Waals surface area (Å²) in [4.78, 5) is 12.1. The summed E-state index contributed by atoms with van der Waals surface area (Å²) >= 11 is 0. The molecule has 4 rings (SSSR count). The van der Waals surface area contributed by atoms with Gasteiger partial charge in [-0.25, -0.2) is 4.39 Å². The molecule has 160 valence electrons. The number of rotatable bonds is 8. The van der Waals surface area contributed by atoms with E-state index in [1.54, 1.807) is 12.1 Å². The fourth-order valence-electron chi connectivity index (χ4n) is 3.65. The summed E-state index contributed by atoms with van der Waals surface area (Å²) in [5.41, 5.74) is 4.60. The van der Waals surface area contributed by atoms with Gasteiger partial charge in [0.2, 0.25) is 0 Å². The summed E-state index contributed by atoms with van der Waals surface area (Å²) in [5.74, 6) is 1.05. The summed E-state index contributed by atoms with van der Waals surface area (Å²) in [6, 6.07) is 19.9. The molecule has 4 nitrogen and oxygen atoms in total. The van der Waals surface area contributed by atoms with Crippen LogP contribution in [0.2, 0.25) is 0 Å². The molecule has 0 fully saturated rings. The van der Waals surface area contributed by atoms with Crippen molar-refractivity contribution in [3.8, 4) is 11.5 Å². The zero-order valence-corrected chi connectivity index (χ0v) is 17.4. The lowest BCUT2D eigenvalue weighted by molar-refractivity contribution is -0.123. The molecule has 1 amide bonds. The predicted molar refractivity (Wildman–Crippen MR) is 118 cm³/mol. The SMILES string of the molecule is O=C(COc1ccc2c(c1)CCCC2)NCc1ccc(OCc2ccc(F)cc2)cc1. The molecule has 0 unspecified atom stereocenters. The highest BCUT2D eigenvalue weighted by molar-refractivity contribution is 5.77. The number of amides is 1. The normalized spacial score (nSPS) is 12.7. The van der Waals surface area contributed by atoms with E-state index in [1.165, 1.54) is 36.1 Å². The standard InChI is InChI=1S/C26H26FNO3/c27-23-10-5-20(6-11-23)17-30-24-12-7-19(8-13-24)16-28-26(29)18-31-25-14-9-21-3-1-2-4-22(21)15-25/h5-15H,1-4,16-18H2,(H,28,29). The van der Waals surface area contributed by atoms with E-state index in [2.05, 4.69) is 17.4 Å². The fraction of sp³-hybridized carbons (Fsp3) is 0.269. The Labute approximate surface area is 182 Å². The number of halogens is 1. The first-order valence-corrected chi connectivity index (χ1v) is 10.6. The van der Waals surface area contributed by atoms with E-state index < -0.39 is 0 Å². The third kappa shape index (κ3) is 6.07. The average Bonchev–Trinajstić information content (AvgIpc) is 2.81. The summed E-state index contributed by atoms with van der Waals surface area (Å²) in [7, 11) is 0. The van der Waals surface area contributed by atoms with Gasteiger partial charge in [-0.2, -0.15) is 0 Å². The van der Waals surface area contributed by atoms with Crippen molar-refractivity contribution in [3.63, 3.8) is 0 Å². The maximum atomic E-state index is 12.9. The van der Waals surface area contributed by atoms with Crippen molar-refractivity contribution < 1.29 is 18.7 Å². The summed E-state index contributed by atoms with van der Waals surface area (Å²) in [6.45, 7) is 0.790. The lowest BCUT2D eigenvalue weighted by atomic mass is 9.92. The number of hydrogen-bond donors (Lipinski definition) is 1. The van der Waals surface area contributed by atoms with Gasteiger partial charge in [0.05, 0.1) is 0 Å². The van der Waals surface area contributed by atoms with Gasteiger partial charge in [-0.05, 0) is 84.3 Å². The maximum Gasteiger partial charge on any atom is 0.258 e. The van der Waals surface area contributed by atoms with Crippen LogP contribution in [0.15, 0.2) is 66.7 Å². The molecular weight excluding hydrogens is 393 g/mol. The van der Waals surface area contributed by atoms with Crippen molar-refractivity contribution in [3.05, 3.63) is 94.8 Å². The molecule has 1 aliphatic carbocycles. The first-order valence-electron chi connectivity index (χ1n) is 10.6. The topological polar surface area (TPSA) is 47.6 Å². The second-order valence-electron chi connectivity index (χ2n) is 7.76. The third-order valence-corrected chi connectivity index (χ3v) is 5.42. The number of hydrogen-bond acceptors (Lipinski definition) is 3. The van der Waals surface area contributed by atoms with Crippen LogP contribution in [0.1, 0.15) is 35.1 Å². The van der Waals surface area contributed by atoms with Gasteiger partial charge in [0.25, 0.3) is 5.91 Å². The largest absolute Gasteiger partial charge is 0.489 e. The average molecular weight is 419 g/mol. The van der Waals surface area contributed by atoms with E-state index in [1.807, 2.05) is 30.3 Å². The zero-order chi connectivity index (χ0) is 21.5. The number of benzene rings is 3. The van der Waals surface area contributed by atoms with Crippen molar-refractivity contribution in [2.75, 3.05) is 6.61 Å². The van der Waals surface area contributed by atoms with Crippen LogP contribution >= 0.6 is 0 Å². The van der Waals surface area contributed by atoms with Crippen molar-refractivity contribution in [1.82, 2.24) is 5.32 Å². The molecule has 3 aromatic rings. The molecule has 0 heterocycles. The smallest absolute Gasteiger partial charge is 0.258 e. The van der Waals surface area contributed by atoms with Crippen LogP contribution in [0.25, 0.3) is 0 Å². The molecule has 0 saturated heterocycles. The number of ether oxygens (including phenoxy) is 2. The molecule has 0 aromatic heterocycles. The van der Waals surface area contributed by atoms with Crippen molar-refractivity contribution in [2.45, 2.75) is 38.8 Å². The Balaban J connectivity index is 1.20. The molecule has 1 N–H and O–H groups in total. The number of nitrogens with one attached hydrogen (secondary N) is 1. The highest BCUT2D eigenvalue weighted by Gasteiger charge is 2.10. The van der Waals surface area contributed by atoms with Gasteiger partial charge in [-0.1, -0.05) is 30.3 Å². The van der Waals surface area contributed by atoms with E-state index in [9.17, 15) is 9.18 Å². The van der Waals surface area contributed by atoms with Crippen LogP contribution in [0.4, 0.5) is 4.39 Å². The molecule has 3 aromatic carbocycles. The Hall–Kier alpha value is -3.34. The number of carbonyl (C=O) groups excluding carboxylic acids is 1. The van der Waals surface area contributed by atoms with Gasteiger partial charge in [-0.3, -0.25) is 4.79 Å². The van der Waals surface area contributed by atoms with Gasteiger partial charge in [-0.15, -0.1) is 0 Å². The van der Waals surface area contributed by atoms with Crippen molar-refractivity contribution in [2.24, 2.45) is 0 Å². The fourth-order valence-corrected chi connectivity index (χ4v) is 3.65. The molecule has 0 radical (unpaired) electrons. The molecule has 5 heteroatoms. The van der Waals surface area contributed by atoms with Gasteiger partial charge in [0.1, 0.15) is 23.9 Å². The quantitative estimate of drug-likeness (QED) is 0.560. The molecule has 0 spiro atoms. The lowest BCUT2D eigenvalue weighted by Gasteiger charge is -2.16. The Morgan fingerprint density at radius 2 is 1.48 bits per heavy atom. The third-order valence-electron chi connectivity index (χ3n) is 5.42. The van der Waals surface area contributed by atoms with Crippen molar-refractivity contribution in [1.29, 1.82) is 0 Å². The van der Waals surface area contributed by atoms with Crippen LogP contribution in [0.3, 0.4) is 0 Å². The Bertz CT molecular complexity index is 1020. The minimum atomic E-state index is -0.261. The van der Waals surface area contributed by atoms with Crippen LogP contribution in [0, 0.1) is 5.82 Å². The Morgan fingerprint density at radius 1 is 0.806 bits per heavy atom. The van der Waals surface area contributed by atoms with E-state index in [0.29, 0.717) is 13.2 Å². The lowest BCUT2D eigenvalue weighted by Crippen LogP contribution is -2.28. The molecule has 1 aliphatic rings. The van der Waals surface area contributed by atoms with Crippen LogP contribution in [-0.4, -0.2) is 12.5 Å². The van der Waals surface area contributed by atoms with Gasteiger partial charge in [0.15, 0.2) is 6.61 Å². The summed E-state index contributed by atoms with van der Waals surface area (Å²) in [6.07, 6.45) is 4.68. The number of fused-ring (bicyclic) bond motifs is 1. The monoisotopic (exact) mass is 419 g/mol. The summed E-state index contributed by atoms with van der Waals surface area (Å²) < 4.78 is 24.3. The molecular formula is C26H26FNO3. The minimum Gasteiger partial charge on any atom is -0.489 e. The number of carbonyl (C=O) groups is 1. The predicted octanol–water partition coefficient (Wildman–Crippen LogP) is 4.98. The molecule has 31 heavy (non-hydrogen) atoms. The van der Waals surface area contributed by atoms with Crippen molar-refractivity contribution >= 4 is 5.91 Å². The minimum absolute atomic E-state index is 0.00233. The first-order chi connectivity index (χ1) is 15.2. The van der Waals surface area contributed by atoms with Gasteiger partial charge in [0, 0.05) is 6.54 Å². The molecule has 0 bridgehead atoms. The van der Waals surface area contributed by atoms with E-state index >= 15 is 0 Å². The van der Waals surface area contributed by atoms with Gasteiger partial charge < -0.3 is 14.8 Å². The highest BCUT2D eigenvalue weighted by Crippen LogP contribution is 2.25. The molecule has 0 aliphatic heterocycles.